The average Bonchev–Trinajstić information content (AvgIpc) is 3.33. The fourth-order valence-electron chi connectivity index (χ4n) is 6.91. The van der Waals surface area contributed by atoms with Crippen molar-refractivity contribution >= 4 is 19.8 Å². The smallest absolute Gasteiger partial charge is 0.462 e. The van der Waals surface area contributed by atoms with Gasteiger partial charge in [0.05, 0.1) is 18.8 Å². The van der Waals surface area contributed by atoms with Crippen LogP contribution in [0.1, 0.15) is 149 Å². The molecule has 8 N–H and O–H groups in total. The highest BCUT2D eigenvalue weighted by Crippen LogP contribution is 2.47. The van der Waals surface area contributed by atoms with Crippen LogP contribution < -0.4 is 0 Å². The largest absolute Gasteiger partial charge is 0.472 e. The summed E-state index contributed by atoms with van der Waals surface area (Å²) in [7, 11) is -5.18. The van der Waals surface area contributed by atoms with E-state index in [1.165, 1.54) is 25.7 Å². The van der Waals surface area contributed by atoms with Crippen molar-refractivity contribution in [2.75, 3.05) is 13.2 Å². The third-order valence-corrected chi connectivity index (χ3v) is 12.0. The van der Waals surface area contributed by atoms with Gasteiger partial charge in [-0.05, 0) is 77.0 Å². The van der Waals surface area contributed by atoms with Gasteiger partial charge >= 0.3 is 19.8 Å². The summed E-state index contributed by atoms with van der Waals surface area (Å²) in [5, 5.41) is 70.3. The second-order valence-electron chi connectivity index (χ2n) is 17.3. The third kappa shape index (κ3) is 33.9. The molecule has 1 fully saturated rings. The lowest BCUT2D eigenvalue weighted by Gasteiger charge is -2.41. The number of phosphoric acid groups is 1. The van der Waals surface area contributed by atoms with Crippen molar-refractivity contribution in [3.05, 3.63) is 109 Å². The van der Waals surface area contributed by atoms with E-state index >= 15 is 0 Å². The Balaban J connectivity index is 2.53. The van der Waals surface area contributed by atoms with Gasteiger partial charge < -0.3 is 50.1 Å². The molecule has 1 aliphatic carbocycles. The summed E-state index contributed by atoms with van der Waals surface area (Å²) in [5.41, 5.74) is 0. The minimum absolute atomic E-state index is 0.0244. The van der Waals surface area contributed by atoms with Crippen molar-refractivity contribution in [2.45, 2.75) is 204 Å². The van der Waals surface area contributed by atoms with Gasteiger partial charge in [-0.1, -0.05) is 168 Å². The second-order valence-corrected chi connectivity index (χ2v) is 18.7. The van der Waals surface area contributed by atoms with Crippen LogP contribution >= 0.6 is 7.82 Å². The molecule has 1 aliphatic rings. The number of allylic oxidation sites excluding steroid dienone is 14. The number of aliphatic hydroxyl groups excluding tert-OH is 7. The zero-order chi connectivity index (χ0) is 51.7. The molecule has 0 bridgehead atoms. The molecule has 0 aromatic rings. The molecule has 0 aromatic heterocycles. The van der Waals surface area contributed by atoms with Crippen LogP contribution in [0.4, 0.5) is 0 Å². The zero-order valence-corrected chi connectivity index (χ0v) is 42.6. The van der Waals surface area contributed by atoms with Crippen molar-refractivity contribution in [3.63, 3.8) is 0 Å². The first kappa shape index (κ1) is 64.4. The van der Waals surface area contributed by atoms with Gasteiger partial charge in [-0.15, -0.1) is 0 Å². The van der Waals surface area contributed by atoms with Crippen LogP contribution in [0.2, 0.25) is 0 Å². The Hall–Kier alpha value is -3.57. The molecule has 0 saturated heterocycles. The fourth-order valence-corrected chi connectivity index (χ4v) is 7.88. The highest BCUT2D eigenvalue weighted by atomic mass is 31.2. The van der Waals surface area contributed by atoms with Crippen LogP contribution in [0.3, 0.4) is 0 Å². The Morgan fingerprint density at radius 3 is 1.56 bits per heavy atom. The molecular weight excluding hydrogens is 920 g/mol. The monoisotopic (exact) mass is 1010 g/mol. The molecule has 70 heavy (non-hydrogen) atoms. The average molecular weight is 1010 g/mol. The first-order valence-electron chi connectivity index (χ1n) is 25.4. The number of carbonyl (C=O) groups is 2. The summed E-state index contributed by atoms with van der Waals surface area (Å²) < 4.78 is 33.5. The Kier molecular flexibility index (Phi) is 38.7. The summed E-state index contributed by atoms with van der Waals surface area (Å²) in [5.74, 6) is -1.29. The van der Waals surface area contributed by atoms with Gasteiger partial charge in [-0.3, -0.25) is 18.6 Å². The van der Waals surface area contributed by atoms with Gasteiger partial charge in [-0.25, -0.2) is 4.57 Å². The summed E-state index contributed by atoms with van der Waals surface area (Å²) in [6.45, 7) is 2.93. The first-order valence-corrected chi connectivity index (χ1v) is 26.9. The molecule has 0 radical (unpaired) electrons. The van der Waals surface area contributed by atoms with Crippen LogP contribution in [0, 0.1) is 0 Å². The summed E-state index contributed by atoms with van der Waals surface area (Å²) >= 11 is 0. The predicted octanol–water partition coefficient (Wildman–Crippen LogP) is 8.72. The number of phosphoric ester groups is 1. The summed E-state index contributed by atoms with van der Waals surface area (Å²) in [6.07, 6.45) is 37.6. The number of ether oxygens (including phenoxy) is 2. The molecule has 0 amide bonds. The molecule has 1 saturated carbocycles. The molecule has 0 spiro atoms. The normalized spacial score (nSPS) is 22.6. The number of esters is 2. The molecule has 1 rings (SSSR count). The predicted molar refractivity (Wildman–Crippen MR) is 274 cm³/mol. The van der Waals surface area contributed by atoms with E-state index in [0.29, 0.717) is 32.1 Å². The highest BCUT2D eigenvalue weighted by molar-refractivity contribution is 7.47. The van der Waals surface area contributed by atoms with Crippen molar-refractivity contribution in [3.8, 4) is 0 Å². The van der Waals surface area contributed by atoms with E-state index in [4.69, 9.17) is 18.5 Å². The second kappa shape index (κ2) is 42.0. The molecular formula is C54H87O15P. The zero-order valence-electron chi connectivity index (χ0n) is 41.7. The quantitative estimate of drug-likeness (QED) is 0.00940. The molecule has 16 heteroatoms. The topological polar surface area (TPSA) is 250 Å². The van der Waals surface area contributed by atoms with Crippen LogP contribution in [0.25, 0.3) is 0 Å². The van der Waals surface area contributed by atoms with E-state index in [9.17, 15) is 54.8 Å². The third-order valence-electron chi connectivity index (χ3n) is 11.0. The highest BCUT2D eigenvalue weighted by Gasteiger charge is 2.51. The van der Waals surface area contributed by atoms with E-state index in [2.05, 4.69) is 43.4 Å². The van der Waals surface area contributed by atoms with E-state index in [0.717, 1.165) is 64.2 Å². The van der Waals surface area contributed by atoms with Gasteiger partial charge in [0.15, 0.2) is 6.10 Å². The molecule has 0 aromatic carbocycles. The van der Waals surface area contributed by atoms with Gasteiger partial charge in [0.25, 0.3) is 0 Å². The Morgan fingerprint density at radius 1 is 0.529 bits per heavy atom. The minimum atomic E-state index is -5.18. The SMILES string of the molecule is CC/C=C\C[C@@H](O)/C=C/C=C\C=C\[C@@H](O)C/C=C\C/C=C\CCC(=O)OC[C@H](COP(=O)(O)OC1[C@H](O)[C@H](O)C(O)[C@H](O)[C@H]1O)OC(=O)CCCCCCCC/C=C\C/C=C\C/C=C\CCCCCC. The van der Waals surface area contributed by atoms with E-state index in [-0.39, 0.29) is 12.8 Å². The van der Waals surface area contributed by atoms with Crippen molar-refractivity contribution in [1.82, 2.24) is 0 Å². The van der Waals surface area contributed by atoms with Gasteiger partial charge in [-0.2, -0.15) is 0 Å². The van der Waals surface area contributed by atoms with Crippen LogP contribution in [-0.4, -0.2) is 121 Å². The molecule has 0 aliphatic heterocycles. The maximum absolute atomic E-state index is 12.9. The van der Waals surface area contributed by atoms with E-state index in [1.54, 1.807) is 42.5 Å². The lowest BCUT2D eigenvalue weighted by Crippen LogP contribution is -2.64. The number of hydrogen-bond acceptors (Lipinski definition) is 14. The molecule has 10 atom stereocenters. The lowest BCUT2D eigenvalue weighted by molar-refractivity contribution is -0.220. The van der Waals surface area contributed by atoms with Gasteiger partial charge in [0.2, 0.25) is 0 Å². The Bertz CT molecular complexity index is 1670. The van der Waals surface area contributed by atoms with Crippen LogP contribution in [-0.2, 0) is 32.7 Å². The number of hydrogen-bond donors (Lipinski definition) is 8. The lowest BCUT2D eigenvalue weighted by atomic mass is 9.85. The van der Waals surface area contributed by atoms with Gasteiger partial charge in [0, 0.05) is 12.8 Å². The molecule has 15 nitrogen and oxygen atoms in total. The molecule has 3 unspecified atom stereocenters. The maximum atomic E-state index is 12.9. The van der Waals surface area contributed by atoms with Crippen molar-refractivity contribution < 1.29 is 73.3 Å². The van der Waals surface area contributed by atoms with Crippen LogP contribution in [0.15, 0.2) is 109 Å². The molecule has 0 heterocycles. The van der Waals surface area contributed by atoms with Crippen molar-refractivity contribution in [1.29, 1.82) is 0 Å². The number of unbranched alkanes of at least 4 members (excludes halogenated alkanes) is 10. The van der Waals surface area contributed by atoms with Crippen molar-refractivity contribution in [2.24, 2.45) is 0 Å². The minimum Gasteiger partial charge on any atom is -0.462 e. The van der Waals surface area contributed by atoms with E-state index < -0.39 is 87.9 Å². The fraction of sp³-hybridized carbons (Fsp3) is 0.630. The van der Waals surface area contributed by atoms with Gasteiger partial charge in [0.1, 0.15) is 43.2 Å². The maximum Gasteiger partial charge on any atom is 0.472 e. The number of rotatable bonds is 40. The first-order chi connectivity index (χ1) is 33.7. The summed E-state index contributed by atoms with van der Waals surface area (Å²) in [4.78, 5) is 35.8. The number of carbonyl (C=O) groups excluding carboxylic acids is 2. The van der Waals surface area contributed by atoms with Crippen LogP contribution in [0.5, 0.6) is 0 Å². The molecule has 398 valence electrons. The summed E-state index contributed by atoms with van der Waals surface area (Å²) in [6, 6.07) is 0. The Labute approximate surface area is 418 Å². The standard InChI is InChI=1S/C54H87O15P/c1-3-5-7-8-9-10-11-12-13-14-15-16-17-18-19-20-21-22-27-35-41-48(58)68-46(43-67-70(64,65)69-54-52(62)50(60)49(59)51(61)53(54)63)42-66-47(57)40-34-26-24-23-25-31-37-45(56)39-33-29-28-32-38-44(55)36-30-6-4-2/h6,10-11,13-14,16-17,24-26,28-33,38-39,44-46,49-56,59-63H,3-5,7-9,12,15,18-23,27,34-37,40-43H2,1-2H3,(H,64,65)/b11-10-,14-13-,17-16-,26-24-,29-28-,30-6-,31-25-,38-32+,39-33+/t44-,45+,46-,49?,50-,51+,52-,53-,54?/m1/s1. The van der Waals surface area contributed by atoms with E-state index in [1.807, 2.05) is 37.3 Å². The Morgan fingerprint density at radius 2 is 1.00 bits per heavy atom. The number of aliphatic hydroxyl groups is 7.